The lowest BCUT2D eigenvalue weighted by molar-refractivity contribution is -0.138. The van der Waals surface area contributed by atoms with Crippen molar-refractivity contribution in [3.8, 4) is 17.1 Å². The van der Waals surface area contributed by atoms with Crippen LogP contribution in [0.4, 0.5) is 4.39 Å². The monoisotopic (exact) mass is 588 g/mol. The topological polar surface area (TPSA) is 97.4 Å². The molecule has 0 bridgehead atoms. The van der Waals surface area contributed by atoms with Crippen molar-refractivity contribution in [3.05, 3.63) is 78.4 Å². The minimum absolute atomic E-state index is 0.131. The highest BCUT2D eigenvalue weighted by Crippen LogP contribution is 2.49. The number of fused-ring (bicyclic) bond motifs is 1. The van der Waals surface area contributed by atoms with Crippen LogP contribution in [0.3, 0.4) is 0 Å². The summed E-state index contributed by atoms with van der Waals surface area (Å²) in [6.45, 7) is 0. The molecule has 7 nitrogen and oxygen atoms in total. The molecule has 4 aromatic rings. The fourth-order valence-electron chi connectivity index (χ4n) is 5.87. The average molecular weight is 589 g/mol. The van der Waals surface area contributed by atoms with E-state index in [0.717, 1.165) is 54.4 Å². The number of carboxylic acid groups (broad SMARTS) is 1. The highest BCUT2D eigenvalue weighted by Gasteiger charge is 2.58. The van der Waals surface area contributed by atoms with Crippen LogP contribution in [0.1, 0.15) is 37.7 Å². The Hall–Kier alpha value is -3.72. The SMILES string of the molecule is O=C(O)[C@H](Cc1ccc(-n2c(-c3cccnc3)nc3cc(F)ccc32)cc1)N=C1C(Br)C(=O)C12CCCCC2. The number of carbonyl (C=O) groups is 2. The fourth-order valence-corrected chi connectivity index (χ4v) is 6.86. The van der Waals surface area contributed by atoms with E-state index in [1.54, 1.807) is 18.5 Å². The number of pyridine rings is 1. The molecule has 0 radical (unpaired) electrons. The molecule has 1 spiro atoms. The zero-order chi connectivity index (χ0) is 27.1. The van der Waals surface area contributed by atoms with Gasteiger partial charge in [-0.1, -0.05) is 47.3 Å². The molecule has 0 aliphatic heterocycles. The Morgan fingerprint density at radius 2 is 1.92 bits per heavy atom. The number of aromatic nitrogens is 3. The molecular formula is C30H26BrFN4O3. The summed E-state index contributed by atoms with van der Waals surface area (Å²) in [7, 11) is 0. The quantitative estimate of drug-likeness (QED) is 0.280. The fraction of sp³-hybridized carbons (Fsp3) is 0.300. The highest BCUT2D eigenvalue weighted by atomic mass is 79.9. The maximum absolute atomic E-state index is 14.0. The van der Waals surface area contributed by atoms with Crippen LogP contribution in [0.15, 0.2) is 72.0 Å². The molecule has 1 N–H and O–H groups in total. The number of aliphatic imine (C=N–C) groups is 1. The first-order valence-electron chi connectivity index (χ1n) is 13.0. The van der Waals surface area contributed by atoms with Crippen molar-refractivity contribution >= 4 is 44.4 Å². The van der Waals surface area contributed by atoms with Crippen molar-refractivity contribution < 1.29 is 19.1 Å². The molecule has 1 unspecified atom stereocenters. The summed E-state index contributed by atoms with van der Waals surface area (Å²) < 4.78 is 15.9. The molecule has 2 saturated carbocycles. The van der Waals surface area contributed by atoms with E-state index in [1.165, 1.54) is 12.1 Å². The molecule has 39 heavy (non-hydrogen) atoms. The van der Waals surface area contributed by atoms with Crippen molar-refractivity contribution in [2.45, 2.75) is 49.4 Å². The van der Waals surface area contributed by atoms with E-state index in [9.17, 15) is 19.1 Å². The van der Waals surface area contributed by atoms with E-state index >= 15 is 0 Å². The van der Waals surface area contributed by atoms with Gasteiger partial charge in [0.15, 0.2) is 11.8 Å². The summed E-state index contributed by atoms with van der Waals surface area (Å²) in [6.07, 6.45) is 8.09. The van der Waals surface area contributed by atoms with Gasteiger partial charge in [0, 0.05) is 41.8 Å². The number of aliphatic carboxylic acids is 1. The van der Waals surface area contributed by atoms with Crippen molar-refractivity contribution in [1.29, 1.82) is 0 Å². The highest BCUT2D eigenvalue weighted by molar-refractivity contribution is 9.10. The van der Waals surface area contributed by atoms with Gasteiger partial charge in [-0.25, -0.2) is 14.2 Å². The minimum atomic E-state index is -1.02. The molecular weight excluding hydrogens is 563 g/mol. The van der Waals surface area contributed by atoms with E-state index < -0.39 is 22.3 Å². The van der Waals surface area contributed by atoms with E-state index in [1.807, 2.05) is 41.0 Å². The Kier molecular flexibility index (Phi) is 6.62. The van der Waals surface area contributed by atoms with Crippen LogP contribution < -0.4 is 0 Å². The lowest BCUT2D eigenvalue weighted by Crippen LogP contribution is -2.61. The van der Waals surface area contributed by atoms with Crippen LogP contribution in [-0.2, 0) is 16.0 Å². The smallest absolute Gasteiger partial charge is 0.328 e. The summed E-state index contributed by atoms with van der Waals surface area (Å²) >= 11 is 3.44. The van der Waals surface area contributed by atoms with Crippen molar-refractivity contribution in [2.24, 2.45) is 10.4 Å². The van der Waals surface area contributed by atoms with Gasteiger partial charge in [0.05, 0.1) is 16.4 Å². The predicted molar refractivity (Wildman–Crippen MR) is 150 cm³/mol. The first-order chi connectivity index (χ1) is 18.9. The van der Waals surface area contributed by atoms with Gasteiger partial charge >= 0.3 is 5.97 Å². The zero-order valence-corrected chi connectivity index (χ0v) is 22.6. The standard InChI is InChI=1S/C30H26BrFN4O3/c31-25-26(30(27(25)37)12-2-1-3-13-30)34-23(29(38)39)15-18-6-9-21(10-7-18)36-24-11-8-20(32)16-22(24)35-28(36)19-5-4-14-33-17-19/h4-11,14,16-17,23,25H,1-3,12-13,15H2,(H,38,39)/t23-,25?/m0/s1. The Morgan fingerprint density at radius 1 is 1.15 bits per heavy atom. The van der Waals surface area contributed by atoms with Gasteiger partial charge in [0.25, 0.3) is 0 Å². The van der Waals surface area contributed by atoms with Gasteiger partial charge in [-0.2, -0.15) is 0 Å². The maximum atomic E-state index is 14.0. The molecule has 2 aliphatic carbocycles. The number of carbonyl (C=O) groups excluding carboxylic acids is 1. The van der Waals surface area contributed by atoms with E-state index in [-0.39, 0.29) is 18.0 Å². The molecule has 2 atom stereocenters. The molecule has 2 fully saturated rings. The zero-order valence-electron chi connectivity index (χ0n) is 21.1. The van der Waals surface area contributed by atoms with Gasteiger partial charge in [-0.15, -0.1) is 0 Å². The number of alkyl halides is 1. The Morgan fingerprint density at radius 3 is 2.62 bits per heavy atom. The number of ketones is 1. The molecule has 6 rings (SSSR count). The molecule has 2 aromatic heterocycles. The van der Waals surface area contributed by atoms with Gasteiger partial charge in [0.2, 0.25) is 0 Å². The summed E-state index contributed by atoms with van der Waals surface area (Å²) in [6, 6.07) is 14.8. The van der Waals surface area contributed by atoms with E-state index in [0.29, 0.717) is 17.1 Å². The number of halogens is 2. The minimum Gasteiger partial charge on any atom is -0.480 e. The van der Waals surface area contributed by atoms with Crippen LogP contribution in [0.25, 0.3) is 28.1 Å². The number of hydrogen-bond acceptors (Lipinski definition) is 5. The van der Waals surface area contributed by atoms with Crippen LogP contribution >= 0.6 is 15.9 Å². The Balaban J connectivity index is 1.32. The maximum Gasteiger partial charge on any atom is 0.328 e. The number of benzene rings is 2. The summed E-state index contributed by atoms with van der Waals surface area (Å²) in [4.78, 5) is 38.0. The molecule has 0 saturated heterocycles. The summed E-state index contributed by atoms with van der Waals surface area (Å²) in [5.74, 6) is -0.623. The number of Topliss-reactive ketones (excluding diaryl/α,β-unsaturated/α-hetero) is 1. The van der Waals surface area contributed by atoms with E-state index in [4.69, 9.17) is 0 Å². The normalized spacial score (nSPS) is 20.3. The van der Waals surface area contributed by atoms with E-state index in [2.05, 4.69) is 30.9 Å². The third-order valence-electron chi connectivity index (χ3n) is 7.88. The van der Waals surface area contributed by atoms with Gasteiger partial charge in [-0.3, -0.25) is 19.3 Å². The summed E-state index contributed by atoms with van der Waals surface area (Å²) in [5.41, 5.74) is 3.77. The van der Waals surface area contributed by atoms with Gasteiger partial charge in [-0.05, 0) is 54.8 Å². The third kappa shape index (κ3) is 4.48. The van der Waals surface area contributed by atoms with Crippen molar-refractivity contribution in [2.75, 3.05) is 0 Å². The molecule has 9 heteroatoms. The first kappa shape index (κ1) is 25.6. The van der Waals surface area contributed by atoms with Crippen LogP contribution in [-0.4, -0.2) is 48.0 Å². The number of hydrogen-bond donors (Lipinski definition) is 1. The van der Waals surface area contributed by atoms with Crippen LogP contribution in [0, 0.1) is 11.2 Å². The average Bonchev–Trinajstić information content (AvgIpc) is 3.34. The third-order valence-corrected chi connectivity index (χ3v) is 8.73. The second kappa shape index (κ2) is 10.1. The number of carboxylic acids is 1. The Labute approximate surface area is 232 Å². The van der Waals surface area contributed by atoms with Crippen LogP contribution in [0.5, 0.6) is 0 Å². The number of nitrogens with zero attached hydrogens (tertiary/aromatic N) is 4. The first-order valence-corrected chi connectivity index (χ1v) is 14.0. The van der Waals surface area contributed by atoms with Crippen molar-refractivity contribution in [3.63, 3.8) is 0 Å². The van der Waals surface area contributed by atoms with Crippen LogP contribution in [0.2, 0.25) is 0 Å². The largest absolute Gasteiger partial charge is 0.480 e. The molecule has 2 heterocycles. The second-order valence-corrected chi connectivity index (χ2v) is 11.2. The van der Waals surface area contributed by atoms with Gasteiger partial charge < -0.3 is 5.11 Å². The summed E-state index contributed by atoms with van der Waals surface area (Å²) in [5, 5.41) is 9.99. The predicted octanol–water partition coefficient (Wildman–Crippen LogP) is 5.96. The Bertz CT molecular complexity index is 1590. The van der Waals surface area contributed by atoms with Gasteiger partial charge in [0.1, 0.15) is 16.5 Å². The lowest BCUT2D eigenvalue weighted by atomic mass is 9.58. The molecule has 2 aliphatic rings. The number of imidazole rings is 1. The molecule has 198 valence electrons. The second-order valence-electron chi connectivity index (χ2n) is 10.3. The number of rotatable bonds is 6. The van der Waals surface area contributed by atoms with Crippen molar-refractivity contribution in [1.82, 2.24) is 14.5 Å². The lowest BCUT2D eigenvalue weighted by Gasteiger charge is -2.47. The molecule has 2 aromatic carbocycles. The molecule has 0 amide bonds.